The monoisotopic (exact) mass is 322 g/mol. The van der Waals surface area contributed by atoms with Crippen LogP contribution in [0.2, 0.25) is 0 Å². The molecule has 3 heteroatoms. The zero-order valence-electron chi connectivity index (χ0n) is 12.6. The van der Waals surface area contributed by atoms with E-state index < -0.39 is 11.7 Å². The van der Waals surface area contributed by atoms with Gasteiger partial charge in [-0.05, 0) is 38.7 Å². The van der Waals surface area contributed by atoms with E-state index in [1.165, 1.54) is 12.1 Å². The summed E-state index contributed by atoms with van der Waals surface area (Å²) in [6.07, 6.45) is -4.38. The molecule has 0 radical (unpaired) electrons. The Morgan fingerprint density at radius 2 is 1.17 bits per heavy atom. The van der Waals surface area contributed by atoms with E-state index in [-0.39, 0.29) is 5.56 Å². The number of fused-ring (bicyclic) bond motifs is 3. The second-order valence-corrected chi connectivity index (χ2v) is 5.73. The minimum Gasteiger partial charge on any atom is -0.166 e. The Labute approximate surface area is 137 Å². The zero-order chi connectivity index (χ0) is 16.7. The molecule has 0 unspecified atom stereocenters. The first-order valence-corrected chi connectivity index (χ1v) is 7.63. The molecule has 0 aliphatic rings. The van der Waals surface area contributed by atoms with E-state index in [1.807, 2.05) is 48.5 Å². The minimum atomic E-state index is -4.38. The highest BCUT2D eigenvalue weighted by molar-refractivity contribution is 6.12. The smallest absolute Gasteiger partial charge is 0.166 e. The second kappa shape index (κ2) is 5.38. The lowest BCUT2D eigenvalue weighted by molar-refractivity contribution is -0.137. The number of hydrogen-bond acceptors (Lipinski definition) is 0. The molecule has 24 heavy (non-hydrogen) atoms. The molecule has 0 aromatic heterocycles. The molecule has 0 atom stereocenters. The summed E-state index contributed by atoms with van der Waals surface area (Å²) in [6, 6.07) is 23.0. The summed E-state index contributed by atoms with van der Waals surface area (Å²) in [7, 11) is 0. The topological polar surface area (TPSA) is 0 Å². The summed E-state index contributed by atoms with van der Waals surface area (Å²) < 4.78 is 40.2. The number of alkyl halides is 3. The number of halogens is 3. The van der Waals surface area contributed by atoms with E-state index >= 15 is 0 Å². The van der Waals surface area contributed by atoms with Crippen LogP contribution in [0.15, 0.2) is 78.9 Å². The van der Waals surface area contributed by atoms with Crippen LogP contribution in [0.25, 0.3) is 32.7 Å². The Balaban J connectivity index is 2.08. The Bertz CT molecular complexity index is 1050. The summed E-state index contributed by atoms with van der Waals surface area (Å²) in [5, 5.41) is 3.91. The maximum absolute atomic E-state index is 13.4. The van der Waals surface area contributed by atoms with Gasteiger partial charge in [-0.15, -0.1) is 0 Å². The van der Waals surface area contributed by atoms with Crippen LogP contribution in [0.3, 0.4) is 0 Å². The molecule has 0 saturated carbocycles. The van der Waals surface area contributed by atoms with E-state index in [4.69, 9.17) is 0 Å². The SMILES string of the molecule is FC(F)(F)c1ccccc1-c1cccc2c1ccc1ccccc12. The van der Waals surface area contributed by atoms with Crippen LogP contribution in [0.4, 0.5) is 13.2 Å². The second-order valence-electron chi connectivity index (χ2n) is 5.73. The Hall–Kier alpha value is -2.81. The van der Waals surface area contributed by atoms with Crippen molar-refractivity contribution in [1.82, 2.24) is 0 Å². The summed E-state index contributed by atoms with van der Waals surface area (Å²) in [5.74, 6) is 0. The van der Waals surface area contributed by atoms with Crippen molar-refractivity contribution in [3.05, 3.63) is 84.4 Å². The van der Waals surface area contributed by atoms with Crippen LogP contribution in [0.1, 0.15) is 5.56 Å². The van der Waals surface area contributed by atoms with Crippen LogP contribution in [-0.4, -0.2) is 0 Å². The fourth-order valence-electron chi connectivity index (χ4n) is 3.24. The maximum Gasteiger partial charge on any atom is 0.417 e. The average Bonchev–Trinajstić information content (AvgIpc) is 2.60. The lowest BCUT2D eigenvalue weighted by atomic mass is 9.92. The number of hydrogen-bond donors (Lipinski definition) is 0. The van der Waals surface area contributed by atoms with Crippen molar-refractivity contribution in [2.45, 2.75) is 6.18 Å². The van der Waals surface area contributed by atoms with Crippen molar-refractivity contribution < 1.29 is 13.2 Å². The van der Waals surface area contributed by atoms with Gasteiger partial charge in [-0.3, -0.25) is 0 Å². The van der Waals surface area contributed by atoms with Gasteiger partial charge in [0.1, 0.15) is 0 Å². The van der Waals surface area contributed by atoms with E-state index in [0.29, 0.717) is 5.56 Å². The molecular formula is C21H13F3. The molecule has 4 aromatic rings. The summed E-state index contributed by atoms with van der Waals surface area (Å²) in [4.78, 5) is 0. The van der Waals surface area contributed by atoms with Gasteiger partial charge in [0.15, 0.2) is 0 Å². The molecule has 0 nitrogen and oxygen atoms in total. The highest BCUT2D eigenvalue weighted by Crippen LogP contribution is 2.40. The Morgan fingerprint density at radius 3 is 2.00 bits per heavy atom. The first-order valence-electron chi connectivity index (χ1n) is 7.63. The quantitative estimate of drug-likeness (QED) is 0.343. The lowest BCUT2D eigenvalue weighted by Gasteiger charge is -2.15. The van der Waals surface area contributed by atoms with Gasteiger partial charge in [0, 0.05) is 0 Å². The third-order valence-corrected chi connectivity index (χ3v) is 4.31. The molecule has 118 valence electrons. The van der Waals surface area contributed by atoms with Gasteiger partial charge in [0.05, 0.1) is 5.56 Å². The zero-order valence-corrected chi connectivity index (χ0v) is 12.6. The summed E-state index contributed by atoms with van der Waals surface area (Å²) in [6.45, 7) is 0. The van der Waals surface area contributed by atoms with E-state index in [0.717, 1.165) is 27.6 Å². The van der Waals surface area contributed by atoms with Crippen LogP contribution >= 0.6 is 0 Å². The lowest BCUT2D eigenvalue weighted by Crippen LogP contribution is -2.06. The molecule has 0 aliphatic heterocycles. The molecule has 0 saturated heterocycles. The largest absolute Gasteiger partial charge is 0.417 e. The normalized spacial score (nSPS) is 12.0. The predicted octanol–water partition coefficient (Wildman–Crippen LogP) is 6.68. The molecule has 0 spiro atoms. The molecule has 4 aromatic carbocycles. The average molecular weight is 322 g/mol. The van der Waals surface area contributed by atoms with Crippen LogP contribution < -0.4 is 0 Å². The molecule has 0 aliphatic carbocycles. The van der Waals surface area contributed by atoms with Gasteiger partial charge < -0.3 is 0 Å². The van der Waals surface area contributed by atoms with Crippen LogP contribution in [0.5, 0.6) is 0 Å². The van der Waals surface area contributed by atoms with Crippen molar-refractivity contribution in [2.24, 2.45) is 0 Å². The van der Waals surface area contributed by atoms with Crippen LogP contribution in [-0.2, 0) is 6.18 Å². The van der Waals surface area contributed by atoms with Crippen molar-refractivity contribution in [3.8, 4) is 11.1 Å². The highest BCUT2D eigenvalue weighted by Gasteiger charge is 2.33. The predicted molar refractivity (Wildman–Crippen MR) is 91.9 cm³/mol. The number of rotatable bonds is 1. The van der Waals surface area contributed by atoms with Crippen molar-refractivity contribution in [3.63, 3.8) is 0 Å². The fourth-order valence-corrected chi connectivity index (χ4v) is 3.24. The van der Waals surface area contributed by atoms with Gasteiger partial charge in [-0.1, -0.05) is 72.8 Å². The first-order chi connectivity index (χ1) is 11.6. The fraction of sp³-hybridized carbons (Fsp3) is 0.0476. The molecular weight excluding hydrogens is 309 g/mol. The highest BCUT2D eigenvalue weighted by atomic mass is 19.4. The van der Waals surface area contributed by atoms with E-state index in [2.05, 4.69) is 0 Å². The van der Waals surface area contributed by atoms with E-state index in [9.17, 15) is 13.2 Å². The minimum absolute atomic E-state index is 0.214. The van der Waals surface area contributed by atoms with Gasteiger partial charge in [-0.2, -0.15) is 13.2 Å². The Kier molecular flexibility index (Phi) is 3.31. The van der Waals surface area contributed by atoms with Gasteiger partial charge in [0.25, 0.3) is 0 Å². The van der Waals surface area contributed by atoms with Gasteiger partial charge in [0.2, 0.25) is 0 Å². The molecule has 0 heterocycles. The third-order valence-electron chi connectivity index (χ3n) is 4.31. The Morgan fingerprint density at radius 1 is 0.500 bits per heavy atom. The molecule has 0 bridgehead atoms. The summed E-state index contributed by atoms with van der Waals surface area (Å²) >= 11 is 0. The maximum atomic E-state index is 13.4. The van der Waals surface area contributed by atoms with E-state index in [1.54, 1.807) is 12.1 Å². The van der Waals surface area contributed by atoms with Crippen molar-refractivity contribution in [2.75, 3.05) is 0 Å². The van der Waals surface area contributed by atoms with Gasteiger partial charge in [-0.25, -0.2) is 0 Å². The molecule has 0 fully saturated rings. The first kappa shape index (κ1) is 14.8. The van der Waals surface area contributed by atoms with Crippen molar-refractivity contribution in [1.29, 1.82) is 0 Å². The van der Waals surface area contributed by atoms with Crippen molar-refractivity contribution >= 4 is 21.5 Å². The van der Waals surface area contributed by atoms with Gasteiger partial charge >= 0.3 is 6.18 Å². The molecule has 4 rings (SSSR count). The standard InChI is InChI=1S/C21H13F3/c22-21(23,24)20-11-4-3-8-19(20)17-10-5-9-16-15-7-2-1-6-14(15)12-13-18(16)17/h1-13H. The molecule has 0 N–H and O–H groups in total. The number of benzene rings is 4. The van der Waals surface area contributed by atoms with Crippen LogP contribution in [0, 0.1) is 0 Å². The summed E-state index contributed by atoms with van der Waals surface area (Å²) in [5.41, 5.74) is 0.211. The third kappa shape index (κ3) is 2.33. The molecule has 0 amide bonds.